The summed E-state index contributed by atoms with van der Waals surface area (Å²) in [5, 5.41) is 0. The van der Waals surface area contributed by atoms with Crippen LogP contribution in [0, 0.1) is 5.41 Å². The molecule has 0 amide bonds. The van der Waals surface area contributed by atoms with Gasteiger partial charge in [0, 0.05) is 43.6 Å². The molecule has 1 atom stereocenters. The van der Waals surface area contributed by atoms with Gasteiger partial charge in [-0.1, -0.05) is 32.4 Å². The Kier molecular flexibility index (Phi) is 9.13. The lowest BCUT2D eigenvalue weighted by Crippen LogP contribution is -2.46. The van der Waals surface area contributed by atoms with Crippen molar-refractivity contribution in [2.24, 2.45) is 5.41 Å². The molecular formula is C30H42N2O4. The molecule has 2 aromatic rings. The molecule has 1 fully saturated rings. The maximum atomic E-state index is 12.9. The minimum Gasteiger partial charge on any atom is -0.495 e. The van der Waals surface area contributed by atoms with Gasteiger partial charge in [0.2, 0.25) is 0 Å². The number of ether oxygens (including phenoxy) is 3. The molecule has 4 rings (SSSR count). The van der Waals surface area contributed by atoms with E-state index < -0.39 is 0 Å². The summed E-state index contributed by atoms with van der Waals surface area (Å²) in [6.07, 6.45) is 5.71. The molecule has 0 spiro atoms. The maximum absolute atomic E-state index is 12.9. The summed E-state index contributed by atoms with van der Waals surface area (Å²) in [7, 11) is 1.73. The topological polar surface area (TPSA) is 51.2 Å². The Labute approximate surface area is 216 Å². The second kappa shape index (κ2) is 12.5. The monoisotopic (exact) mass is 494 g/mol. The zero-order chi connectivity index (χ0) is 25.4. The van der Waals surface area contributed by atoms with Crippen LogP contribution in [-0.4, -0.2) is 63.7 Å². The van der Waals surface area contributed by atoms with E-state index in [2.05, 4.69) is 35.8 Å². The fraction of sp³-hybridized carbons (Fsp3) is 0.567. The van der Waals surface area contributed by atoms with E-state index in [9.17, 15) is 4.79 Å². The van der Waals surface area contributed by atoms with Crippen molar-refractivity contribution in [3.05, 3.63) is 48.0 Å². The molecule has 196 valence electrons. The van der Waals surface area contributed by atoms with Gasteiger partial charge in [-0.15, -0.1) is 0 Å². The van der Waals surface area contributed by atoms with Crippen molar-refractivity contribution >= 4 is 11.5 Å². The van der Waals surface area contributed by atoms with Gasteiger partial charge in [-0.25, -0.2) is 0 Å². The molecule has 36 heavy (non-hydrogen) atoms. The van der Waals surface area contributed by atoms with E-state index in [0.29, 0.717) is 25.4 Å². The number of methoxy groups -OCH3 is 1. The molecule has 6 nitrogen and oxygen atoms in total. The summed E-state index contributed by atoms with van der Waals surface area (Å²) in [5.74, 6) is 2.58. The summed E-state index contributed by atoms with van der Waals surface area (Å²) in [4.78, 5) is 17.8. The van der Waals surface area contributed by atoms with Gasteiger partial charge >= 0.3 is 0 Å². The van der Waals surface area contributed by atoms with Crippen LogP contribution in [0.2, 0.25) is 0 Å². The molecule has 6 heteroatoms. The van der Waals surface area contributed by atoms with Gasteiger partial charge in [0.1, 0.15) is 5.75 Å². The van der Waals surface area contributed by atoms with Crippen LogP contribution in [-0.2, 0) is 0 Å². The average Bonchev–Trinajstić information content (AvgIpc) is 3.11. The minimum absolute atomic E-state index is 0.0522. The third-order valence-electron chi connectivity index (χ3n) is 7.79. The van der Waals surface area contributed by atoms with Crippen LogP contribution in [0.4, 0.5) is 5.69 Å². The van der Waals surface area contributed by atoms with E-state index in [1.165, 1.54) is 5.69 Å². The Morgan fingerprint density at radius 3 is 2.44 bits per heavy atom. The molecule has 2 heterocycles. The smallest absolute Gasteiger partial charge is 0.163 e. The van der Waals surface area contributed by atoms with Crippen LogP contribution in [0.3, 0.4) is 0 Å². The SMILES string of the molecule is CCCC1(CC)COc2ccc(C(=O)CCCCN3CCN(c4ccccc4OC)CC3)cc2OC1. The summed E-state index contributed by atoms with van der Waals surface area (Å²) < 4.78 is 17.8. The number of carbonyl (C=O) groups excluding carboxylic acids is 1. The zero-order valence-corrected chi connectivity index (χ0v) is 22.3. The predicted molar refractivity (Wildman–Crippen MR) is 145 cm³/mol. The summed E-state index contributed by atoms with van der Waals surface area (Å²) >= 11 is 0. The number of carbonyl (C=O) groups is 1. The zero-order valence-electron chi connectivity index (χ0n) is 22.3. The highest BCUT2D eigenvalue weighted by Crippen LogP contribution is 2.38. The first-order valence-corrected chi connectivity index (χ1v) is 13.6. The number of anilines is 1. The van der Waals surface area contributed by atoms with Gasteiger partial charge in [-0.3, -0.25) is 9.69 Å². The van der Waals surface area contributed by atoms with Gasteiger partial charge in [0.25, 0.3) is 0 Å². The van der Waals surface area contributed by atoms with Crippen LogP contribution in [0.15, 0.2) is 42.5 Å². The Morgan fingerprint density at radius 1 is 0.972 bits per heavy atom. The van der Waals surface area contributed by atoms with Crippen molar-refractivity contribution in [2.45, 2.75) is 52.4 Å². The van der Waals surface area contributed by atoms with Crippen molar-refractivity contribution in [3.63, 3.8) is 0 Å². The highest BCUT2D eigenvalue weighted by Gasteiger charge is 2.32. The second-order valence-electron chi connectivity index (χ2n) is 10.2. The first-order chi connectivity index (χ1) is 17.6. The number of fused-ring (bicyclic) bond motifs is 1. The minimum atomic E-state index is 0.0522. The van der Waals surface area contributed by atoms with Gasteiger partial charge in [-0.05, 0) is 62.6 Å². The number of rotatable bonds is 11. The third kappa shape index (κ3) is 6.33. The van der Waals surface area contributed by atoms with E-state index >= 15 is 0 Å². The van der Waals surface area contributed by atoms with Gasteiger partial charge in [0.15, 0.2) is 17.3 Å². The first-order valence-electron chi connectivity index (χ1n) is 13.6. The van der Waals surface area contributed by atoms with Crippen LogP contribution < -0.4 is 19.1 Å². The van der Waals surface area contributed by atoms with Crippen LogP contribution >= 0.6 is 0 Å². The van der Waals surface area contributed by atoms with Gasteiger partial charge in [0.05, 0.1) is 26.0 Å². The number of hydrogen-bond acceptors (Lipinski definition) is 6. The summed E-state index contributed by atoms with van der Waals surface area (Å²) in [5.41, 5.74) is 1.95. The molecule has 2 aliphatic rings. The lowest BCUT2D eigenvalue weighted by atomic mass is 9.82. The quantitative estimate of drug-likeness (QED) is 0.289. The number of benzene rings is 2. The molecule has 0 bridgehead atoms. The normalized spacial score (nSPS) is 20.1. The van der Waals surface area contributed by atoms with Crippen molar-refractivity contribution in [1.29, 1.82) is 0 Å². The van der Waals surface area contributed by atoms with E-state index in [0.717, 1.165) is 81.9 Å². The standard InChI is InChI=1S/C30H42N2O4/c1-4-15-30(5-2)22-35-28-14-13-24(21-29(28)36-23-30)26(33)11-8-9-16-31-17-19-32(20-18-31)25-10-6-7-12-27(25)34-3/h6-7,10,12-14,21H,4-5,8-9,11,15-20,22-23H2,1-3H3. The van der Waals surface area contributed by atoms with E-state index in [4.69, 9.17) is 14.2 Å². The molecule has 2 aliphatic heterocycles. The van der Waals surface area contributed by atoms with E-state index in [-0.39, 0.29) is 11.2 Å². The largest absolute Gasteiger partial charge is 0.495 e. The number of unbranched alkanes of at least 4 members (excludes halogenated alkanes) is 1. The number of ketones is 1. The Balaban J connectivity index is 1.21. The molecule has 0 aromatic heterocycles. The Bertz CT molecular complexity index is 1000. The van der Waals surface area contributed by atoms with Crippen molar-refractivity contribution in [3.8, 4) is 17.2 Å². The molecule has 0 saturated carbocycles. The lowest BCUT2D eigenvalue weighted by Gasteiger charge is -2.36. The molecule has 0 aliphatic carbocycles. The number of hydrogen-bond donors (Lipinski definition) is 0. The van der Waals surface area contributed by atoms with E-state index in [1.54, 1.807) is 7.11 Å². The number of piperazine rings is 1. The lowest BCUT2D eigenvalue weighted by molar-refractivity contribution is 0.0884. The number of Topliss-reactive ketones (excluding diaryl/α,β-unsaturated/α-hetero) is 1. The van der Waals surface area contributed by atoms with Crippen LogP contribution in [0.1, 0.15) is 62.7 Å². The predicted octanol–water partition coefficient (Wildman–Crippen LogP) is 5.84. The van der Waals surface area contributed by atoms with Crippen molar-refractivity contribution in [2.75, 3.05) is 57.9 Å². The highest BCUT2D eigenvalue weighted by atomic mass is 16.5. The molecule has 0 radical (unpaired) electrons. The molecule has 1 unspecified atom stereocenters. The average molecular weight is 495 g/mol. The van der Waals surface area contributed by atoms with Gasteiger partial charge in [-0.2, -0.15) is 0 Å². The van der Waals surface area contributed by atoms with Gasteiger partial charge < -0.3 is 19.1 Å². The summed E-state index contributed by atoms with van der Waals surface area (Å²) in [6, 6.07) is 13.9. The Hall–Kier alpha value is -2.73. The summed E-state index contributed by atoms with van der Waals surface area (Å²) in [6.45, 7) is 10.8. The highest BCUT2D eigenvalue weighted by molar-refractivity contribution is 5.96. The fourth-order valence-corrected chi connectivity index (χ4v) is 5.34. The van der Waals surface area contributed by atoms with Crippen LogP contribution in [0.5, 0.6) is 17.2 Å². The Morgan fingerprint density at radius 2 is 1.72 bits per heavy atom. The van der Waals surface area contributed by atoms with Crippen molar-refractivity contribution < 1.29 is 19.0 Å². The fourth-order valence-electron chi connectivity index (χ4n) is 5.34. The third-order valence-corrected chi connectivity index (χ3v) is 7.79. The number of nitrogens with zero attached hydrogens (tertiary/aromatic N) is 2. The molecule has 2 aromatic carbocycles. The maximum Gasteiger partial charge on any atom is 0.163 e. The molecule has 0 N–H and O–H groups in total. The van der Waals surface area contributed by atoms with Crippen LogP contribution in [0.25, 0.3) is 0 Å². The number of para-hydroxylation sites is 2. The molecule has 1 saturated heterocycles. The second-order valence-corrected chi connectivity index (χ2v) is 10.2. The van der Waals surface area contributed by atoms with Crippen molar-refractivity contribution in [1.82, 2.24) is 4.90 Å². The first kappa shape index (κ1) is 26.3. The molecular weight excluding hydrogens is 452 g/mol. The van der Waals surface area contributed by atoms with E-state index in [1.807, 2.05) is 30.3 Å².